The zero-order valence-electron chi connectivity index (χ0n) is 10.6. The molecular formula is C15H19ClN2. The summed E-state index contributed by atoms with van der Waals surface area (Å²) in [5, 5.41) is 10.0. The van der Waals surface area contributed by atoms with Gasteiger partial charge in [0.2, 0.25) is 0 Å². The third-order valence-corrected chi connectivity index (χ3v) is 3.96. The number of benzene rings is 1. The zero-order chi connectivity index (χ0) is 12.8. The minimum atomic E-state index is -0.0828. The van der Waals surface area contributed by atoms with Gasteiger partial charge in [0, 0.05) is 5.02 Å². The average Bonchev–Trinajstić information content (AvgIpc) is 2.42. The predicted octanol–water partition coefficient (Wildman–Crippen LogP) is 3.82. The summed E-state index contributed by atoms with van der Waals surface area (Å²) < 4.78 is 0. The first-order valence-electron chi connectivity index (χ1n) is 6.67. The van der Waals surface area contributed by atoms with Crippen LogP contribution in [-0.2, 0) is 0 Å². The van der Waals surface area contributed by atoms with Crippen molar-refractivity contribution in [3.05, 3.63) is 34.9 Å². The Hall–Kier alpha value is -1.04. The molecule has 18 heavy (non-hydrogen) atoms. The molecule has 2 nitrogen and oxygen atoms in total. The van der Waals surface area contributed by atoms with Crippen LogP contribution >= 0.6 is 11.6 Å². The van der Waals surface area contributed by atoms with Crippen molar-refractivity contribution in [2.45, 2.75) is 31.6 Å². The lowest BCUT2D eigenvalue weighted by Gasteiger charge is -2.27. The maximum Gasteiger partial charge on any atom is 0.0739 e. The summed E-state index contributed by atoms with van der Waals surface area (Å²) in [5.41, 5.74) is 0.971. The third-order valence-electron chi connectivity index (χ3n) is 3.62. The molecule has 0 aromatic heterocycles. The largest absolute Gasteiger partial charge is 0.303 e. The highest BCUT2D eigenvalue weighted by Gasteiger charge is 2.16. The Morgan fingerprint density at radius 3 is 2.61 bits per heavy atom. The molecule has 0 radical (unpaired) electrons. The van der Waals surface area contributed by atoms with E-state index in [1.165, 1.54) is 32.4 Å². The number of piperidine rings is 1. The first-order valence-corrected chi connectivity index (χ1v) is 7.05. The molecule has 1 aliphatic heterocycles. The maximum absolute atomic E-state index is 9.31. The molecule has 1 aromatic rings. The number of rotatable bonds is 4. The van der Waals surface area contributed by atoms with Crippen LogP contribution in [0, 0.1) is 11.3 Å². The molecule has 1 atom stereocenters. The molecule has 0 bridgehead atoms. The van der Waals surface area contributed by atoms with E-state index in [0.717, 1.165) is 18.5 Å². The van der Waals surface area contributed by atoms with Crippen LogP contribution in [0.4, 0.5) is 0 Å². The number of hydrogen-bond acceptors (Lipinski definition) is 2. The number of hydrogen-bond donors (Lipinski definition) is 0. The van der Waals surface area contributed by atoms with Crippen LogP contribution in [0.3, 0.4) is 0 Å². The quantitative estimate of drug-likeness (QED) is 0.825. The summed E-state index contributed by atoms with van der Waals surface area (Å²) in [6.07, 6.45) is 4.82. The molecule has 0 saturated carbocycles. The molecule has 0 spiro atoms. The summed E-state index contributed by atoms with van der Waals surface area (Å²) in [4.78, 5) is 2.46. The number of nitriles is 1. The minimum Gasteiger partial charge on any atom is -0.303 e. The van der Waals surface area contributed by atoms with Gasteiger partial charge in [-0.25, -0.2) is 0 Å². The molecule has 0 amide bonds. The van der Waals surface area contributed by atoms with Gasteiger partial charge < -0.3 is 4.90 Å². The number of likely N-dealkylation sites (tertiary alicyclic amines) is 1. The topological polar surface area (TPSA) is 27.0 Å². The monoisotopic (exact) mass is 262 g/mol. The van der Waals surface area contributed by atoms with E-state index in [-0.39, 0.29) is 5.92 Å². The van der Waals surface area contributed by atoms with Gasteiger partial charge in [0.1, 0.15) is 0 Å². The number of halogens is 1. The van der Waals surface area contributed by atoms with Gasteiger partial charge in [-0.2, -0.15) is 5.26 Å². The van der Waals surface area contributed by atoms with Gasteiger partial charge in [-0.15, -0.1) is 0 Å². The fourth-order valence-corrected chi connectivity index (χ4v) is 2.81. The molecule has 3 heteroatoms. The lowest BCUT2D eigenvalue weighted by molar-refractivity contribution is 0.224. The Kier molecular flexibility index (Phi) is 5.04. The average molecular weight is 263 g/mol. The highest BCUT2D eigenvalue weighted by molar-refractivity contribution is 6.31. The van der Waals surface area contributed by atoms with E-state index in [1.807, 2.05) is 24.3 Å². The van der Waals surface area contributed by atoms with Crippen LogP contribution in [0.5, 0.6) is 0 Å². The van der Waals surface area contributed by atoms with E-state index in [0.29, 0.717) is 5.02 Å². The Balaban J connectivity index is 1.93. The molecule has 1 aromatic carbocycles. The van der Waals surface area contributed by atoms with E-state index < -0.39 is 0 Å². The van der Waals surface area contributed by atoms with E-state index in [2.05, 4.69) is 11.0 Å². The van der Waals surface area contributed by atoms with Crippen molar-refractivity contribution in [2.24, 2.45) is 0 Å². The van der Waals surface area contributed by atoms with Crippen LogP contribution in [-0.4, -0.2) is 24.5 Å². The summed E-state index contributed by atoms with van der Waals surface area (Å²) >= 11 is 6.15. The van der Waals surface area contributed by atoms with E-state index in [4.69, 9.17) is 11.6 Å². The Labute approximate surface area is 114 Å². The Morgan fingerprint density at radius 1 is 1.22 bits per heavy atom. The van der Waals surface area contributed by atoms with E-state index in [1.54, 1.807) is 0 Å². The number of nitrogens with zero attached hydrogens (tertiary/aromatic N) is 2. The van der Waals surface area contributed by atoms with Crippen molar-refractivity contribution in [3.8, 4) is 6.07 Å². The van der Waals surface area contributed by atoms with Crippen molar-refractivity contribution in [1.29, 1.82) is 5.26 Å². The smallest absolute Gasteiger partial charge is 0.0739 e. The summed E-state index contributed by atoms with van der Waals surface area (Å²) in [6, 6.07) is 10.1. The van der Waals surface area contributed by atoms with Crippen LogP contribution < -0.4 is 0 Å². The van der Waals surface area contributed by atoms with Crippen molar-refractivity contribution in [3.63, 3.8) is 0 Å². The van der Waals surface area contributed by atoms with Gasteiger partial charge in [0.15, 0.2) is 0 Å². The Bertz CT molecular complexity index is 419. The Morgan fingerprint density at radius 2 is 1.94 bits per heavy atom. The molecule has 1 fully saturated rings. The second-order valence-electron chi connectivity index (χ2n) is 4.89. The van der Waals surface area contributed by atoms with Gasteiger partial charge >= 0.3 is 0 Å². The predicted molar refractivity (Wildman–Crippen MR) is 74.7 cm³/mol. The second kappa shape index (κ2) is 6.78. The van der Waals surface area contributed by atoms with Crippen molar-refractivity contribution >= 4 is 11.6 Å². The fourth-order valence-electron chi connectivity index (χ4n) is 2.54. The van der Waals surface area contributed by atoms with Crippen molar-refractivity contribution in [1.82, 2.24) is 4.90 Å². The van der Waals surface area contributed by atoms with Gasteiger partial charge in [-0.05, 0) is 50.5 Å². The van der Waals surface area contributed by atoms with E-state index >= 15 is 0 Å². The van der Waals surface area contributed by atoms with Gasteiger partial charge in [0.05, 0.1) is 12.0 Å². The molecule has 1 saturated heterocycles. The van der Waals surface area contributed by atoms with Crippen LogP contribution in [0.2, 0.25) is 5.02 Å². The summed E-state index contributed by atoms with van der Waals surface area (Å²) in [5.74, 6) is -0.0828. The highest BCUT2D eigenvalue weighted by Crippen LogP contribution is 2.27. The van der Waals surface area contributed by atoms with Crippen LogP contribution in [0.15, 0.2) is 24.3 Å². The lowest BCUT2D eigenvalue weighted by Crippen LogP contribution is -2.31. The standard InChI is InChI=1S/C15H19ClN2/c16-15-7-3-2-6-14(15)13(12-17)8-11-18-9-4-1-5-10-18/h2-3,6-7,13H,1,4-5,8-11H2/t13-/m0/s1. The maximum atomic E-state index is 9.31. The van der Waals surface area contributed by atoms with Gasteiger partial charge in [-0.1, -0.05) is 36.2 Å². The normalized spacial score (nSPS) is 18.2. The molecule has 96 valence electrons. The van der Waals surface area contributed by atoms with Crippen molar-refractivity contribution < 1.29 is 0 Å². The zero-order valence-corrected chi connectivity index (χ0v) is 11.4. The molecule has 1 heterocycles. The first-order chi connectivity index (χ1) is 8.81. The SMILES string of the molecule is N#C[C@H](CCN1CCCCC1)c1ccccc1Cl. The molecular weight excluding hydrogens is 244 g/mol. The van der Waals surface area contributed by atoms with Crippen LogP contribution in [0.25, 0.3) is 0 Å². The molecule has 0 aliphatic carbocycles. The summed E-state index contributed by atoms with van der Waals surface area (Å²) in [6.45, 7) is 3.37. The van der Waals surface area contributed by atoms with Gasteiger partial charge in [-0.3, -0.25) is 0 Å². The molecule has 0 N–H and O–H groups in total. The molecule has 0 unspecified atom stereocenters. The molecule has 2 rings (SSSR count). The van der Waals surface area contributed by atoms with E-state index in [9.17, 15) is 5.26 Å². The minimum absolute atomic E-state index is 0.0828. The van der Waals surface area contributed by atoms with Gasteiger partial charge in [0.25, 0.3) is 0 Å². The fraction of sp³-hybridized carbons (Fsp3) is 0.533. The summed E-state index contributed by atoms with van der Waals surface area (Å²) in [7, 11) is 0. The highest BCUT2D eigenvalue weighted by atomic mass is 35.5. The first kappa shape index (κ1) is 13.4. The second-order valence-corrected chi connectivity index (χ2v) is 5.30. The van der Waals surface area contributed by atoms with Crippen molar-refractivity contribution in [2.75, 3.05) is 19.6 Å². The lowest BCUT2D eigenvalue weighted by atomic mass is 9.96. The van der Waals surface area contributed by atoms with Crippen LogP contribution in [0.1, 0.15) is 37.2 Å². The third kappa shape index (κ3) is 3.48. The molecule has 1 aliphatic rings.